The second kappa shape index (κ2) is 12.6. The van der Waals surface area contributed by atoms with E-state index in [1.807, 2.05) is 54.6 Å². The summed E-state index contributed by atoms with van der Waals surface area (Å²) < 4.78 is 26.8. The monoisotopic (exact) mass is 626 g/mol. The molecule has 0 radical (unpaired) electrons. The van der Waals surface area contributed by atoms with Crippen LogP contribution in [0.2, 0.25) is 0 Å². The van der Waals surface area contributed by atoms with Gasteiger partial charge in [-0.25, -0.2) is 14.4 Å². The van der Waals surface area contributed by atoms with Gasteiger partial charge in [-0.2, -0.15) is 5.10 Å². The van der Waals surface area contributed by atoms with Crippen LogP contribution in [0.1, 0.15) is 18.4 Å². The van der Waals surface area contributed by atoms with Crippen LogP contribution in [0, 0.1) is 5.82 Å². The summed E-state index contributed by atoms with van der Waals surface area (Å²) >= 11 is 0. The topological polar surface area (TPSA) is 118 Å². The Kier molecular flexibility index (Phi) is 7.72. The molecular formula is C36H31FN8O2. The molecular weight excluding hydrogens is 595 g/mol. The van der Waals surface area contributed by atoms with Crippen molar-refractivity contribution in [1.29, 1.82) is 0 Å². The number of H-pyrrole nitrogens is 2. The van der Waals surface area contributed by atoms with Crippen molar-refractivity contribution in [2.75, 3.05) is 26.2 Å². The zero-order valence-corrected chi connectivity index (χ0v) is 25.5. The third-order valence-electron chi connectivity index (χ3n) is 8.37. The van der Waals surface area contributed by atoms with Crippen molar-refractivity contribution in [3.05, 3.63) is 103 Å². The second-order valence-corrected chi connectivity index (χ2v) is 11.6. The highest BCUT2D eigenvalue weighted by atomic mass is 19.1. The van der Waals surface area contributed by atoms with Crippen LogP contribution in [0.5, 0.6) is 11.5 Å². The average molecular weight is 627 g/mol. The van der Waals surface area contributed by atoms with E-state index in [1.54, 1.807) is 24.8 Å². The lowest BCUT2D eigenvalue weighted by molar-refractivity contribution is 0.237. The van der Waals surface area contributed by atoms with Gasteiger partial charge in [-0.05, 0) is 67.4 Å². The van der Waals surface area contributed by atoms with Crippen LogP contribution in [0.25, 0.3) is 56.0 Å². The quantitative estimate of drug-likeness (QED) is 0.170. The smallest absolute Gasteiger partial charge is 0.160 e. The molecule has 0 spiro atoms. The van der Waals surface area contributed by atoms with Gasteiger partial charge in [0.05, 0.1) is 23.6 Å². The van der Waals surface area contributed by atoms with Gasteiger partial charge in [-0.1, -0.05) is 30.3 Å². The molecule has 1 saturated heterocycles. The van der Waals surface area contributed by atoms with E-state index in [0.29, 0.717) is 58.7 Å². The zero-order valence-electron chi connectivity index (χ0n) is 25.5. The predicted molar refractivity (Wildman–Crippen MR) is 177 cm³/mol. The Hall–Kier alpha value is -5.68. The molecule has 11 heteroatoms. The van der Waals surface area contributed by atoms with E-state index in [4.69, 9.17) is 14.5 Å². The number of pyridine rings is 3. The minimum Gasteiger partial charge on any atom is -0.492 e. The second-order valence-electron chi connectivity index (χ2n) is 11.6. The lowest BCUT2D eigenvalue weighted by Crippen LogP contribution is -2.25. The summed E-state index contributed by atoms with van der Waals surface area (Å²) in [6.45, 7) is 3.95. The third kappa shape index (κ3) is 6.12. The number of aromatic amines is 2. The fourth-order valence-electron chi connectivity index (χ4n) is 5.99. The van der Waals surface area contributed by atoms with Crippen LogP contribution in [0.15, 0.2) is 91.5 Å². The molecule has 47 heavy (non-hydrogen) atoms. The van der Waals surface area contributed by atoms with E-state index in [-0.39, 0.29) is 5.82 Å². The molecule has 5 aromatic heterocycles. The molecule has 234 valence electrons. The number of fused-ring (bicyclic) bond motifs is 2. The summed E-state index contributed by atoms with van der Waals surface area (Å²) in [7, 11) is 0. The first-order chi connectivity index (χ1) is 23.2. The highest BCUT2D eigenvalue weighted by molar-refractivity contribution is 5.96. The molecule has 6 heterocycles. The maximum Gasteiger partial charge on any atom is 0.160 e. The van der Waals surface area contributed by atoms with E-state index in [9.17, 15) is 4.39 Å². The van der Waals surface area contributed by atoms with Crippen molar-refractivity contribution in [3.63, 3.8) is 0 Å². The number of imidazole rings is 1. The first-order valence-electron chi connectivity index (χ1n) is 15.6. The Morgan fingerprint density at radius 1 is 0.851 bits per heavy atom. The first-order valence-corrected chi connectivity index (χ1v) is 15.6. The van der Waals surface area contributed by atoms with Gasteiger partial charge in [-0.3, -0.25) is 20.0 Å². The van der Waals surface area contributed by atoms with Crippen LogP contribution < -0.4 is 9.47 Å². The Labute approximate surface area is 269 Å². The molecule has 1 aliphatic rings. The molecule has 8 rings (SSSR count). The summed E-state index contributed by atoms with van der Waals surface area (Å²) in [5.41, 5.74) is 6.53. The van der Waals surface area contributed by atoms with Gasteiger partial charge in [0, 0.05) is 41.5 Å². The van der Waals surface area contributed by atoms with E-state index in [0.717, 1.165) is 47.2 Å². The minimum atomic E-state index is -0.373. The summed E-state index contributed by atoms with van der Waals surface area (Å²) in [6, 6.07) is 20.5. The Bertz CT molecular complexity index is 2180. The number of halogens is 1. The van der Waals surface area contributed by atoms with Gasteiger partial charge in [0.15, 0.2) is 11.5 Å². The molecule has 0 atom stereocenters. The normalized spacial score (nSPS) is 13.5. The number of nitrogens with zero attached hydrogens (tertiary/aromatic N) is 6. The number of nitrogens with one attached hydrogen (secondary N) is 2. The summed E-state index contributed by atoms with van der Waals surface area (Å²) in [5, 5.41) is 8.44. The number of hydrogen-bond donors (Lipinski definition) is 2. The van der Waals surface area contributed by atoms with Gasteiger partial charge >= 0.3 is 0 Å². The van der Waals surface area contributed by atoms with Crippen LogP contribution in [-0.2, 0) is 6.61 Å². The molecule has 2 aromatic carbocycles. The molecule has 0 unspecified atom stereocenters. The molecule has 0 amide bonds. The fraction of sp³-hybridized carbons (Fsp3) is 0.194. The number of likely N-dealkylation sites (tertiary alicyclic amines) is 1. The maximum absolute atomic E-state index is 14.8. The molecule has 0 aliphatic carbocycles. The number of hydrogen-bond acceptors (Lipinski definition) is 8. The van der Waals surface area contributed by atoms with Crippen LogP contribution >= 0.6 is 0 Å². The average Bonchev–Trinajstić information content (AvgIpc) is 3.87. The van der Waals surface area contributed by atoms with Gasteiger partial charge in [0.2, 0.25) is 0 Å². The SMILES string of the molecule is Fc1cc(OCCN2CCCC2)cc(-c2ccnc3[nH]c(-c4n[nH]c5cnc(-c6cncc(OCc7ccccc7)c6)cc45)nc23)c1. The maximum atomic E-state index is 14.8. The van der Waals surface area contributed by atoms with Crippen molar-refractivity contribution >= 4 is 22.1 Å². The summed E-state index contributed by atoms with van der Waals surface area (Å²) in [5.74, 6) is 1.29. The van der Waals surface area contributed by atoms with Crippen LogP contribution in [0.4, 0.5) is 4.39 Å². The Balaban J connectivity index is 1.08. The summed E-state index contributed by atoms with van der Waals surface area (Å²) in [4.78, 5) is 24.1. The zero-order chi connectivity index (χ0) is 31.6. The highest BCUT2D eigenvalue weighted by Crippen LogP contribution is 2.34. The molecule has 1 aliphatic heterocycles. The van der Waals surface area contributed by atoms with Crippen molar-refractivity contribution in [3.8, 4) is 45.4 Å². The number of rotatable bonds is 10. The van der Waals surface area contributed by atoms with Crippen molar-refractivity contribution in [1.82, 2.24) is 40.0 Å². The van der Waals surface area contributed by atoms with Gasteiger partial charge in [0.1, 0.15) is 41.7 Å². The lowest BCUT2D eigenvalue weighted by Gasteiger charge is -2.15. The molecule has 10 nitrogen and oxygen atoms in total. The Morgan fingerprint density at radius 2 is 1.72 bits per heavy atom. The number of ether oxygens (including phenoxy) is 2. The third-order valence-corrected chi connectivity index (χ3v) is 8.37. The van der Waals surface area contributed by atoms with Crippen molar-refractivity contribution in [2.45, 2.75) is 19.4 Å². The molecule has 0 saturated carbocycles. The van der Waals surface area contributed by atoms with E-state index in [2.05, 4.69) is 35.0 Å². The molecule has 7 aromatic rings. The van der Waals surface area contributed by atoms with Crippen LogP contribution in [0.3, 0.4) is 0 Å². The number of benzene rings is 2. The molecule has 0 bridgehead atoms. The standard InChI is InChI=1S/C36H31FN8O2/c37-26-14-24(15-27(17-26)46-13-12-45-10-4-5-11-45)29-8-9-39-35-33(29)41-36(42-35)34-30-18-31(40-21-32(30)43-44-34)25-16-28(20-38-19-25)47-22-23-6-2-1-3-7-23/h1-3,6-9,14-21H,4-5,10-13,22H2,(H,43,44)(H,39,41,42). The van der Waals surface area contributed by atoms with E-state index < -0.39 is 0 Å². The van der Waals surface area contributed by atoms with Gasteiger partial charge < -0.3 is 14.5 Å². The van der Waals surface area contributed by atoms with Gasteiger partial charge in [-0.15, -0.1) is 0 Å². The van der Waals surface area contributed by atoms with Gasteiger partial charge in [0.25, 0.3) is 0 Å². The largest absolute Gasteiger partial charge is 0.492 e. The fourth-order valence-corrected chi connectivity index (χ4v) is 5.99. The van der Waals surface area contributed by atoms with E-state index in [1.165, 1.54) is 25.0 Å². The minimum absolute atomic E-state index is 0.373. The highest BCUT2D eigenvalue weighted by Gasteiger charge is 2.18. The number of aromatic nitrogens is 7. The van der Waals surface area contributed by atoms with Crippen molar-refractivity contribution < 1.29 is 13.9 Å². The molecule has 2 N–H and O–H groups in total. The Morgan fingerprint density at radius 3 is 2.62 bits per heavy atom. The lowest BCUT2D eigenvalue weighted by atomic mass is 10.1. The first kappa shape index (κ1) is 28.8. The van der Waals surface area contributed by atoms with Crippen molar-refractivity contribution in [2.24, 2.45) is 0 Å². The summed E-state index contributed by atoms with van der Waals surface area (Å²) in [6.07, 6.45) is 9.30. The predicted octanol–water partition coefficient (Wildman–Crippen LogP) is 6.82. The molecule has 1 fully saturated rings. The van der Waals surface area contributed by atoms with E-state index >= 15 is 0 Å². The van der Waals surface area contributed by atoms with Crippen LogP contribution in [-0.4, -0.2) is 66.3 Å².